The minimum absolute atomic E-state index is 0.0800. The second-order valence-electron chi connectivity index (χ2n) is 21.3. The van der Waals surface area contributed by atoms with Gasteiger partial charge in [0, 0.05) is 55.0 Å². The zero-order valence-corrected chi connectivity index (χ0v) is 65.0. The third kappa shape index (κ3) is 14.7. The first-order chi connectivity index (χ1) is 41.3. The van der Waals surface area contributed by atoms with Gasteiger partial charge in [0.15, 0.2) is 0 Å². The van der Waals surface area contributed by atoms with E-state index < -0.39 is 36.8 Å². The number of fused-ring (bicyclic) bond motifs is 2. The summed E-state index contributed by atoms with van der Waals surface area (Å²) in [5, 5.41) is 27.0. The number of nitrogens with zero attached hydrogens (tertiary/aromatic N) is 6. The fraction of sp³-hybridized carbons (Fsp3) is 0.212. The van der Waals surface area contributed by atoms with E-state index >= 15 is 0 Å². The summed E-state index contributed by atoms with van der Waals surface area (Å²) in [5.74, 6) is 0. The van der Waals surface area contributed by atoms with Crippen molar-refractivity contribution in [2.24, 2.45) is 0 Å². The van der Waals surface area contributed by atoms with Crippen LogP contribution >= 0.6 is 141 Å². The Morgan fingerprint density at radius 1 is 0.395 bits per heavy atom. The van der Waals surface area contributed by atoms with E-state index in [1.165, 1.54) is 80.6 Å². The second kappa shape index (κ2) is 29.0. The Hall–Kier alpha value is -4.54. The summed E-state index contributed by atoms with van der Waals surface area (Å²) in [4.78, 5) is 43.8. The molecule has 0 saturated carbocycles. The van der Waals surface area contributed by atoms with Gasteiger partial charge in [-0.05, 0) is 108 Å². The van der Waals surface area contributed by atoms with Crippen LogP contribution < -0.4 is 5.79 Å². The van der Waals surface area contributed by atoms with Gasteiger partial charge in [-0.25, -0.2) is 30.3 Å². The fourth-order valence-corrected chi connectivity index (χ4v) is 36.9. The molecule has 20 heteroatoms. The zero-order chi connectivity index (χ0) is 61.6. The average molecular weight is 1600 g/mol. The summed E-state index contributed by atoms with van der Waals surface area (Å²) < 4.78 is 10.2. The molecule has 11 aromatic rings. The zero-order valence-electron chi connectivity index (χ0n) is 48.7. The van der Waals surface area contributed by atoms with E-state index in [2.05, 4.69) is 171 Å². The van der Waals surface area contributed by atoms with E-state index in [1.807, 2.05) is 110 Å². The maximum absolute atomic E-state index is 9.29. The van der Waals surface area contributed by atoms with Crippen molar-refractivity contribution < 1.29 is 0 Å². The number of thiophene rings is 11. The van der Waals surface area contributed by atoms with Crippen molar-refractivity contribution in [3.8, 4) is 79.5 Å². The van der Waals surface area contributed by atoms with Crippen LogP contribution in [0, 0.1) is 53.7 Å². The van der Waals surface area contributed by atoms with Gasteiger partial charge in [0.05, 0.1) is 60.9 Å². The number of allylic oxidation sites excluding steroid dienone is 3. The van der Waals surface area contributed by atoms with Crippen LogP contribution in [-0.4, -0.2) is 36.8 Å². The Morgan fingerprint density at radius 3 is 0.953 bits per heavy atom. The van der Waals surface area contributed by atoms with Crippen LogP contribution in [0.3, 0.4) is 0 Å². The summed E-state index contributed by atoms with van der Waals surface area (Å²) >= 11 is 19.1. The van der Waals surface area contributed by atoms with E-state index in [9.17, 15) is 10.5 Å². The summed E-state index contributed by atoms with van der Waals surface area (Å²) in [6, 6.07) is 36.1. The van der Waals surface area contributed by atoms with Gasteiger partial charge in [0.2, 0.25) is 0 Å². The van der Waals surface area contributed by atoms with Gasteiger partial charge in [-0.3, -0.25) is 0 Å². The SMILES string of the molecule is CCc1ccc(-c2[c]([Sn]([CH3])([CH3])[CH3])sc3c(-c4ccc(CC)s4)[c]([Sn]([CH3])([CH3])[CH3])sc23)s1.[C-]#[N+]/C(C#N)=C\c1ccc(-c2sc3c(-c4ccc(CC)s4)c(-c4ccc(/C=C(\C#N)[N+]#[C-])s4)sc3c2-c2ccc(CC)s2)s1.[C-]#[N+]/C(C#N)=C\c1ccc(Br)s1. The Labute approximate surface area is 565 Å². The number of hydrogen-bond donors (Lipinski definition) is 0. The monoisotopic (exact) mass is 1600 g/mol. The quantitative estimate of drug-likeness (QED) is 0.0582. The Kier molecular flexibility index (Phi) is 22.2. The molecule has 0 bridgehead atoms. The molecule has 0 aromatic carbocycles. The summed E-state index contributed by atoms with van der Waals surface area (Å²) in [6.07, 6.45) is 9.13. The molecule has 0 aliphatic heterocycles. The predicted octanol–water partition coefficient (Wildman–Crippen LogP) is 24.5. The Bertz CT molecular complexity index is 4370. The first-order valence-corrected chi connectivity index (χ1v) is 57.0. The van der Waals surface area contributed by atoms with Gasteiger partial charge in [-0.2, -0.15) is 0 Å². The van der Waals surface area contributed by atoms with Crippen LogP contribution in [0.15, 0.2) is 106 Å². The molecular weight excluding hydrogens is 1550 g/mol. The van der Waals surface area contributed by atoms with Crippen molar-refractivity contribution >= 4 is 220 Å². The number of halogens is 1. The minimum Gasteiger partial charge on any atom is -0.227 e. The number of nitriles is 3. The van der Waals surface area contributed by atoms with E-state index in [4.69, 9.17) is 25.0 Å². The standard InChI is InChI=1S/C34H20N4S6.C18H14S4.C8H3BrN2S.6CH3.2Sn/c1-5-21-7-11-25(39-21)29-31(27-13-9-23(41-27)15-19(17-35)37-3)43-34-30(26-12-8-22(6-2)40-26)32(44-33(29)34)28-14-10-24(42-28)16-20(18-36)38-4;1-3-11-5-7-15(21-11)13-9-19-18-14(10-20-17(13)18)16-8-6-12(4-2)22-16;1-11-6(5-10)4-7-2-3-8(9)12-7;;;;;;;;/h7-16H,5-6H2,1-2H3;5-8H,3-4H2,1-2H3;2-4H;6*1H3;;/b19-15-,20-16+;;6-4-;;;;;;;;. The molecule has 11 heterocycles. The first-order valence-electron chi connectivity index (χ1n) is 27.3. The molecule has 0 aliphatic rings. The molecule has 0 radical (unpaired) electrons. The van der Waals surface area contributed by atoms with E-state index in [1.54, 1.807) is 67.2 Å². The minimum atomic E-state index is -2.26. The molecular formula is C66H55BrN6S11Sn2. The number of rotatable bonds is 15. The molecule has 0 fully saturated rings. The molecule has 0 aliphatic carbocycles. The van der Waals surface area contributed by atoms with Crippen molar-refractivity contribution in [2.45, 2.75) is 83.0 Å². The predicted molar refractivity (Wildman–Crippen MR) is 395 cm³/mol. The Balaban J connectivity index is 0.000000180. The van der Waals surface area contributed by atoms with Crippen LogP contribution in [0.25, 0.3) is 113 Å². The second-order valence-corrected chi connectivity index (χ2v) is 65.4. The van der Waals surface area contributed by atoms with Crippen molar-refractivity contribution in [3.05, 3.63) is 174 Å². The average Bonchev–Trinajstić information content (AvgIpc) is 1.67. The molecule has 0 spiro atoms. The van der Waals surface area contributed by atoms with E-state index in [0.29, 0.717) is 0 Å². The van der Waals surface area contributed by atoms with Crippen LogP contribution in [0.5, 0.6) is 0 Å². The number of aryl methyl sites for hydroxylation is 4. The van der Waals surface area contributed by atoms with Crippen LogP contribution in [0.1, 0.15) is 61.8 Å². The van der Waals surface area contributed by atoms with Crippen molar-refractivity contribution in [2.75, 3.05) is 0 Å². The first kappa shape index (κ1) is 65.9. The molecule has 11 aromatic heterocycles. The Morgan fingerprint density at radius 2 is 0.686 bits per heavy atom. The van der Waals surface area contributed by atoms with Crippen LogP contribution in [0.2, 0.25) is 29.6 Å². The van der Waals surface area contributed by atoms with Gasteiger partial charge >= 0.3 is 209 Å². The topological polar surface area (TPSA) is 84.4 Å². The largest absolute Gasteiger partial charge is 0.263 e. The third-order valence-corrected chi connectivity index (χ3v) is 46.1. The molecule has 6 nitrogen and oxygen atoms in total. The van der Waals surface area contributed by atoms with Crippen molar-refractivity contribution in [1.29, 1.82) is 15.8 Å². The molecule has 430 valence electrons. The smallest absolute Gasteiger partial charge is 0.227 e. The van der Waals surface area contributed by atoms with Crippen LogP contribution in [-0.2, 0) is 25.7 Å². The van der Waals surface area contributed by atoms with Gasteiger partial charge < -0.3 is 0 Å². The molecule has 0 atom stereocenters. The summed E-state index contributed by atoms with van der Waals surface area (Å²) in [7, 11) is 0. The molecule has 0 unspecified atom stereocenters. The maximum atomic E-state index is 9.29. The third-order valence-electron chi connectivity index (χ3n) is 13.3. The van der Waals surface area contributed by atoms with Crippen LogP contribution in [0.4, 0.5) is 0 Å². The summed E-state index contributed by atoms with van der Waals surface area (Å²) in [5.41, 5.74) is 6.00. The number of hydrogen-bond acceptors (Lipinski definition) is 14. The van der Waals surface area contributed by atoms with E-state index in [-0.39, 0.29) is 17.1 Å². The van der Waals surface area contributed by atoms with E-state index in [0.717, 1.165) is 53.9 Å². The van der Waals surface area contributed by atoms with Crippen molar-refractivity contribution in [3.63, 3.8) is 0 Å². The van der Waals surface area contributed by atoms with Gasteiger partial charge in [0.25, 0.3) is 17.1 Å². The molecule has 11 rings (SSSR count). The van der Waals surface area contributed by atoms with Crippen molar-refractivity contribution in [1.82, 2.24) is 0 Å². The summed E-state index contributed by atoms with van der Waals surface area (Å²) in [6.45, 7) is 30.1. The molecule has 0 N–H and O–H groups in total. The van der Waals surface area contributed by atoms with Gasteiger partial charge in [-0.1, -0.05) is 13.8 Å². The molecule has 0 saturated heterocycles. The van der Waals surface area contributed by atoms with Gasteiger partial charge in [-0.15, -0.1) is 79.4 Å². The molecule has 0 amide bonds. The fourth-order valence-electron chi connectivity index (χ4n) is 9.16. The normalized spacial score (nSPS) is 12.0. The van der Waals surface area contributed by atoms with Gasteiger partial charge in [0.1, 0.15) is 0 Å². The molecule has 86 heavy (non-hydrogen) atoms. The maximum Gasteiger partial charge on any atom is 0.263 e.